The van der Waals surface area contributed by atoms with Crippen LogP contribution in [0.4, 0.5) is 17.3 Å². The quantitative estimate of drug-likeness (QED) is 0.165. The molecule has 11 nitrogen and oxygen atoms in total. The lowest BCUT2D eigenvalue weighted by molar-refractivity contribution is -0.383. The van der Waals surface area contributed by atoms with Crippen molar-refractivity contribution in [3.63, 3.8) is 0 Å². The van der Waals surface area contributed by atoms with Gasteiger partial charge in [-0.25, -0.2) is 9.97 Å². The molecule has 2 aromatic carbocycles. The first kappa shape index (κ1) is 26.6. The molecular formula is C26H25ClN6O5. The molecule has 2 N–H and O–H groups in total. The Morgan fingerprint density at radius 3 is 2.61 bits per heavy atom. The molecule has 2 heterocycles. The Kier molecular flexibility index (Phi) is 8.17. The summed E-state index contributed by atoms with van der Waals surface area (Å²) in [6.45, 7) is 3.80. The first-order chi connectivity index (χ1) is 18.3. The number of carbonyl (C=O) groups excluding carboxylic acids is 1. The van der Waals surface area contributed by atoms with Crippen LogP contribution in [0.2, 0.25) is 5.02 Å². The van der Waals surface area contributed by atoms with Crippen LogP contribution in [-0.4, -0.2) is 38.6 Å². The van der Waals surface area contributed by atoms with Gasteiger partial charge in [0.05, 0.1) is 34.4 Å². The van der Waals surface area contributed by atoms with E-state index in [2.05, 4.69) is 20.6 Å². The lowest BCUT2D eigenvalue weighted by Crippen LogP contribution is -2.26. The molecule has 1 atom stereocenters. The summed E-state index contributed by atoms with van der Waals surface area (Å²) in [5.74, 6) is -0.525. The highest BCUT2D eigenvalue weighted by atomic mass is 35.5. The third-order valence-corrected chi connectivity index (χ3v) is 6.08. The van der Waals surface area contributed by atoms with E-state index in [1.165, 1.54) is 10.9 Å². The number of nitrogens with one attached hydrogen (secondary N) is 2. The highest BCUT2D eigenvalue weighted by Gasteiger charge is 2.26. The van der Waals surface area contributed by atoms with Crippen molar-refractivity contribution in [1.29, 1.82) is 0 Å². The van der Waals surface area contributed by atoms with E-state index >= 15 is 0 Å². The van der Waals surface area contributed by atoms with Gasteiger partial charge >= 0.3 is 11.7 Å². The van der Waals surface area contributed by atoms with Crippen LogP contribution in [0.5, 0.6) is 0 Å². The van der Waals surface area contributed by atoms with Crippen LogP contribution >= 0.6 is 11.6 Å². The zero-order chi connectivity index (χ0) is 27.2. The number of nitrogens with zero attached hydrogens (tertiary/aromatic N) is 4. The van der Waals surface area contributed by atoms with E-state index in [0.29, 0.717) is 27.2 Å². The first-order valence-corrected chi connectivity index (χ1v) is 12.2. The molecule has 0 bridgehead atoms. The lowest BCUT2D eigenvalue weighted by Gasteiger charge is -2.21. The second kappa shape index (κ2) is 11.7. The predicted octanol–water partition coefficient (Wildman–Crippen LogP) is 4.88. The molecule has 0 aliphatic heterocycles. The van der Waals surface area contributed by atoms with Crippen molar-refractivity contribution < 1.29 is 14.5 Å². The third-order valence-electron chi connectivity index (χ3n) is 5.77. The number of aromatic nitrogens is 3. The Labute approximate surface area is 222 Å². The number of hydrogen-bond acceptors (Lipinski definition) is 9. The van der Waals surface area contributed by atoms with Gasteiger partial charge in [0.15, 0.2) is 0 Å². The molecule has 0 saturated carbocycles. The fourth-order valence-electron chi connectivity index (χ4n) is 4.08. The number of halogens is 1. The minimum atomic E-state index is -0.605. The number of anilines is 2. The van der Waals surface area contributed by atoms with Crippen LogP contribution in [0.15, 0.2) is 65.7 Å². The summed E-state index contributed by atoms with van der Waals surface area (Å²) < 4.78 is 6.41. The molecular weight excluding hydrogens is 512 g/mol. The Bertz CT molecular complexity index is 1540. The zero-order valence-electron chi connectivity index (χ0n) is 20.7. The smallest absolute Gasteiger partial charge is 0.353 e. The van der Waals surface area contributed by atoms with Crippen molar-refractivity contribution in [2.75, 3.05) is 23.8 Å². The minimum Gasteiger partial charge on any atom is -0.466 e. The molecule has 0 unspecified atom stereocenters. The van der Waals surface area contributed by atoms with Crippen LogP contribution in [0, 0.1) is 10.1 Å². The molecule has 0 spiro atoms. The van der Waals surface area contributed by atoms with E-state index in [-0.39, 0.29) is 42.5 Å². The topological polar surface area (TPSA) is 141 Å². The summed E-state index contributed by atoms with van der Waals surface area (Å²) in [6.07, 6.45) is 1.19. The minimum absolute atomic E-state index is 0.0111. The molecule has 0 saturated heterocycles. The SMILES string of the molecule is CCOC(=O)CCNc1ncnc(N[C@@H](C)c2cc3cccc(Cl)c3c(=O)n2-c2ccccc2)c1[N+](=O)[O-]. The van der Waals surface area contributed by atoms with E-state index in [0.717, 1.165) is 0 Å². The van der Waals surface area contributed by atoms with Crippen molar-refractivity contribution in [1.82, 2.24) is 14.5 Å². The first-order valence-electron chi connectivity index (χ1n) is 11.9. The Morgan fingerprint density at radius 2 is 1.89 bits per heavy atom. The average molecular weight is 537 g/mol. The number of fused-ring (bicyclic) bond motifs is 1. The van der Waals surface area contributed by atoms with Gasteiger partial charge in [-0.15, -0.1) is 0 Å². The van der Waals surface area contributed by atoms with Crippen molar-refractivity contribution >= 4 is 45.7 Å². The Balaban J connectivity index is 1.74. The number of nitro groups is 1. The number of pyridine rings is 1. The van der Waals surface area contributed by atoms with E-state index in [1.807, 2.05) is 24.3 Å². The summed E-state index contributed by atoms with van der Waals surface area (Å²) in [6, 6.07) is 15.4. The maximum Gasteiger partial charge on any atom is 0.353 e. The molecule has 0 fully saturated rings. The molecule has 0 aliphatic rings. The number of ether oxygens (including phenoxy) is 1. The standard InChI is InChI=1S/C26H25ClN6O5/c1-3-38-21(34)12-13-28-24-23(33(36)37)25(30-15-29-24)31-16(2)20-14-17-8-7-11-19(27)22(17)26(35)32(20)18-9-5-4-6-10-18/h4-11,14-16H,3,12-13H2,1-2H3,(H2,28,29,30,31)/t16-/m0/s1. The van der Waals surface area contributed by atoms with Crippen molar-refractivity contribution in [2.24, 2.45) is 0 Å². The summed E-state index contributed by atoms with van der Waals surface area (Å²) in [5, 5.41) is 19.2. The van der Waals surface area contributed by atoms with Gasteiger partial charge in [0.1, 0.15) is 6.33 Å². The number of esters is 1. The normalized spacial score (nSPS) is 11.7. The van der Waals surface area contributed by atoms with E-state index in [9.17, 15) is 19.7 Å². The number of para-hydroxylation sites is 1. The molecule has 4 aromatic rings. The molecule has 0 radical (unpaired) electrons. The Morgan fingerprint density at radius 1 is 1.16 bits per heavy atom. The fourth-order valence-corrected chi connectivity index (χ4v) is 4.35. The van der Waals surface area contributed by atoms with E-state index < -0.39 is 16.9 Å². The Hall–Kier alpha value is -4.51. The fraction of sp³-hybridized carbons (Fsp3) is 0.231. The zero-order valence-corrected chi connectivity index (χ0v) is 21.4. The predicted molar refractivity (Wildman–Crippen MR) is 145 cm³/mol. The second-order valence-corrected chi connectivity index (χ2v) is 8.68. The third kappa shape index (κ3) is 5.57. The van der Waals surface area contributed by atoms with Gasteiger partial charge in [0.25, 0.3) is 5.56 Å². The lowest BCUT2D eigenvalue weighted by atomic mass is 10.1. The summed E-state index contributed by atoms with van der Waals surface area (Å²) in [5.41, 5.74) is 0.448. The summed E-state index contributed by atoms with van der Waals surface area (Å²) in [7, 11) is 0. The van der Waals surface area contributed by atoms with Crippen LogP contribution < -0.4 is 16.2 Å². The van der Waals surface area contributed by atoms with Crippen LogP contribution in [0.1, 0.15) is 32.0 Å². The van der Waals surface area contributed by atoms with Gasteiger partial charge in [-0.05, 0) is 43.5 Å². The number of carbonyl (C=O) groups is 1. The maximum atomic E-state index is 13.6. The second-order valence-electron chi connectivity index (χ2n) is 8.27. The van der Waals surface area contributed by atoms with Crippen LogP contribution in [0.25, 0.3) is 16.5 Å². The van der Waals surface area contributed by atoms with Gasteiger partial charge in [-0.2, -0.15) is 0 Å². The van der Waals surface area contributed by atoms with Gasteiger partial charge in [-0.1, -0.05) is 41.9 Å². The molecule has 4 rings (SSSR count). The van der Waals surface area contributed by atoms with E-state index in [1.54, 1.807) is 44.2 Å². The highest BCUT2D eigenvalue weighted by Crippen LogP contribution is 2.33. The van der Waals surface area contributed by atoms with Gasteiger partial charge < -0.3 is 15.4 Å². The number of benzene rings is 2. The molecule has 0 aliphatic carbocycles. The van der Waals surface area contributed by atoms with Gasteiger partial charge in [0, 0.05) is 17.9 Å². The molecule has 2 aromatic heterocycles. The largest absolute Gasteiger partial charge is 0.466 e. The number of hydrogen-bond donors (Lipinski definition) is 2. The van der Waals surface area contributed by atoms with Crippen LogP contribution in [0.3, 0.4) is 0 Å². The molecule has 196 valence electrons. The van der Waals surface area contributed by atoms with Crippen molar-refractivity contribution in [2.45, 2.75) is 26.3 Å². The van der Waals surface area contributed by atoms with Gasteiger partial charge in [0.2, 0.25) is 11.6 Å². The van der Waals surface area contributed by atoms with Crippen molar-refractivity contribution in [3.05, 3.63) is 92.1 Å². The van der Waals surface area contributed by atoms with E-state index in [4.69, 9.17) is 16.3 Å². The van der Waals surface area contributed by atoms with Crippen LogP contribution in [-0.2, 0) is 9.53 Å². The molecule has 12 heteroatoms. The highest BCUT2D eigenvalue weighted by molar-refractivity contribution is 6.35. The van der Waals surface area contributed by atoms with Gasteiger partial charge in [-0.3, -0.25) is 24.3 Å². The summed E-state index contributed by atoms with van der Waals surface area (Å²) >= 11 is 6.38. The maximum absolute atomic E-state index is 13.6. The molecule has 38 heavy (non-hydrogen) atoms. The monoisotopic (exact) mass is 536 g/mol. The summed E-state index contributed by atoms with van der Waals surface area (Å²) in [4.78, 5) is 44.8. The number of rotatable bonds is 10. The average Bonchev–Trinajstić information content (AvgIpc) is 2.89. The van der Waals surface area contributed by atoms with Crippen molar-refractivity contribution in [3.8, 4) is 5.69 Å². The molecule has 0 amide bonds.